The lowest BCUT2D eigenvalue weighted by Gasteiger charge is -2.28. The number of benzene rings is 4. The third-order valence-electron chi connectivity index (χ3n) is 24.5. The SMILES string of the molecule is C1C[C@@H]2C[C@H]1CO2.C=CC(=O)Cl.CCCCN(C)C.COc1cc(F)c([N+](=O)[O-])cc1N.COc1cc(F)c([N+](=O)[O-])cc1Nc1ncc(Cl)c(N2C[C@@H]3C[C@H]2CO3)n1.COc1cc(N(C)CCN(C)C)c(N)cc1Nc1ncc(Cl)c(N2C[C@@H]3C[C@H]2CO3)n1.COc1cc(N(C)CCN(C)C)c([N+](=O)[O-])cc1Nc1ncc(Cl)c(N2C[C@@H]3C[C@H]2CO3)n1.Clc1ncc(Cl)c(Cl)n1.Clc1ncc(Cl)c(N2C[C@@H]3C[C@H]2CO3)n1. The molecule has 147 heavy (non-hydrogen) atoms. The minimum absolute atomic E-state index is 0.0376. The monoisotopic (exact) mass is 2220 g/mol. The van der Waals surface area contributed by atoms with Crippen LogP contribution in [0.1, 0.15) is 64.7 Å². The predicted octanol–water partition coefficient (Wildman–Crippen LogP) is 17.1. The van der Waals surface area contributed by atoms with Gasteiger partial charge in [-0.1, -0.05) is 89.5 Å². The Morgan fingerprint density at radius 2 is 0.796 bits per heavy atom. The number of methoxy groups -OCH3 is 4. The van der Waals surface area contributed by atoms with Gasteiger partial charge in [0.1, 0.15) is 48.8 Å². The van der Waals surface area contributed by atoms with Crippen LogP contribution in [0, 0.1) is 47.9 Å². The van der Waals surface area contributed by atoms with E-state index in [1.807, 2.05) is 64.2 Å². The number of nitrogens with zero attached hydrogens (tertiary/aromatic N) is 22. The topological polar surface area (TPSA) is 476 Å². The third kappa shape index (κ3) is 32.3. The normalized spacial score (nSPS) is 19.7. The number of unbranched alkanes of at least 4 members (excludes halogenated alkanes) is 1. The van der Waals surface area contributed by atoms with Crippen LogP contribution in [0.3, 0.4) is 0 Å². The van der Waals surface area contributed by atoms with Gasteiger partial charge in [-0.05, 0) is 153 Å². The van der Waals surface area contributed by atoms with Crippen LogP contribution in [0.25, 0.3) is 0 Å². The number of carbonyl (C=O) groups is 1. The molecule has 54 heteroatoms. The van der Waals surface area contributed by atoms with Crippen molar-refractivity contribution in [2.45, 2.75) is 119 Å². The number of nitro benzene ring substituents is 3. The Labute approximate surface area is 894 Å². The van der Waals surface area contributed by atoms with Crippen molar-refractivity contribution in [3.05, 3.63) is 175 Å². The average Bonchev–Trinajstić information content (AvgIpc) is 1.73. The molecule has 10 atom stereocenters. The van der Waals surface area contributed by atoms with Gasteiger partial charge in [-0.15, -0.1) is 0 Å². The Bertz CT molecular complexity index is 6010. The lowest BCUT2D eigenvalue weighted by molar-refractivity contribution is -0.387. The zero-order valence-electron chi connectivity index (χ0n) is 83.0. The van der Waals surface area contributed by atoms with E-state index in [-0.39, 0.29) is 86.6 Å². The zero-order chi connectivity index (χ0) is 107. The quantitative estimate of drug-likeness (QED) is 0.00553. The van der Waals surface area contributed by atoms with Crippen molar-refractivity contribution in [3.63, 3.8) is 0 Å². The molecule has 43 nitrogen and oxygen atoms in total. The number of nitrogen functional groups attached to an aromatic ring is 2. The van der Waals surface area contributed by atoms with Crippen molar-refractivity contribution in [2.75, 3.05) is 234 Å². The maximum atomic E-state index is 13.8. The lowest BCUT2D eigenvalue weighted by Crippen LogP contribution is -2.37. The fourth-order valence-corrected chi connectivity index (χ4v) is 18.4. The highest BCUT2D eigenvalue weighted by molar-refractivity contribution is 6.66. The summed E-state index contributed by atoms with van der Waals surface area (Å²) in [5.74, 6) is 3.79. The molecule has 1 saturated carbocycles. The summed E-state index contributed by atoms with van der Waals surface area (Å²) in [6.45, 7) is 16.5. The highest BCUT2D eigenvalue weighted by Crippen LogP contribution is 2.46. The standard InChI is InChI=1S/C21H28ClN7O4.C21H30ClN7O2.C16H15ClFN5O4.C9H9Cl2N3O.C7H7FN2O3.C6H15N.C6H10O.C4HCl3N2.C3H3ClO/c1-26(2)5-6-27(3)17-9-19(32-4)16(8-18(17)29(30)31)24-21-23-10-15(22)20(25-21)28-11-14-7-13(28)12-33-14;1-27(2)5-6-28(3)18-9-19(30-4)17(8-16(18)23)25-21-24-10-15(22)20(26-21)29-11-14-7-13(29)12-31-14;1-26-14-3-11(18)13(23(24)25)4-12(14)20-16-19-5-10(17)15(21-16)22-6-9-2-8(22)7-27-9;10-7-2-12-9(11)13-8(7)14-3-6-1-5(14)4-15-6;1-13-7-2-4(8)6(10(11)12)3-5(7)9;1-4-5-6-7(2)3;1-2-6-3-5(1)4-7-6;5-2-1-8-4(7)9-3(2)6;1-2-3(4)5/h8-10,13-14H,5-7,11-12H2,1-4H3,(H,23,24,25);8-10,13-14H,5-7,11-12,23H2,1-4H3,(H,24,25,26);3-5,8-9H,2,6-7H2,1H3,(H,19,20,21);2,5-6H,1,3-4H2;2-3H,9H2,1H3;4-6H2,1-3H3;5-6H,1-4H2;1H;2H,1H2/t2*13-,14-;8-,9-;5-,6-;;;5-,6+;;/m0000..0../s1. The molecule has 10 bridgehead atoms. The summed E-state index contributed by atoms with van der Waals surface area (Å²) in [5, 5.41) is 44.5. The van der Waals surface area contributed by atoms with Gasteiger partial charge < -0.3 is 114 Å². The number of nitrogens with two attached hydrogens (primary N) is 2. The van der Waals surface area contributed by atoms with E-state index in [4.69, 9.17) is 154 Å². The van der Waals surface area contributed by atoms with Crippen LogP contribution in [-0.4, -0.2) is 316 Å². The molecule has 9 aromatic rings. The molecule has 9 saturated heterocycles. The number of nitro groups is 3. The van der Waals surface area contributed by atoms with Crippen LogP contribution in [0.2, 0.25) is 40.8 Å². The molecule has 0 unspecified atom stereocenters. The van der Waals surface area contributed by atoms with Gasteiger partial charge in [-0.2, -0.15) is 28.7 Å². The van der Waals surface area contributed by atoms with Gasteiger partial charge in [0.05, 0.1) is 194 Å². The Hall–Kier alpha value is -11.0. The van der Waals surface area contributed by atoms with Crippen molar-refractivity contribution in [1.29, 1.82) is 0 Å². The van der Waals surface area contributed by atoms with Crippen molar-refractivity contribution in [3.8, 4) is 23.0 Å². The summed E-state index contributed by atoms with van der Waals surface area (Å²) in [7, 11) is 21.8. The molecule has 19 rings (SSSR count). The Morgan fingerprint density at radius 1 is 0.449 bits per heavy atom. The second kappa shape index (κ2) is 55.0. The van der Waals surface area contributed by atoms with Gasteiger partial charge in [0.15, 0.2) is 28.4 Å². The smallest absolute Gasteiger partial charge is 0.307 e. The van der Waals surface area contributed by atoms with Gasteiger partial charge in [0.25, 0.3) is 5.69 Å². The number of allylic oxidation sites excluding steroid dienone is 1. The molecular formula is C93H118Cl9F2N27O16. The summed E-state index contributed by atoms with van der Waals surface area (Å²) in [4.78, 5) is 101. The molecule has 5 aromatic heterocycles. The van der Waals surface area contributed by atoms with Gasteiger partial charge in [-0.25, -0.2) is 29.9 Å². The fraction of sp³-hybridized carbons (Fsp3) is 0.495. The van der Waals surface area contributed by atoms with Gasteiger partial charge in [0.2, 0.25) is 45.3 Å². The van der Waals surface area contributed by atoms with E-state index in [1.54, 1.807) is 25.6 Å². The van der Waals surface area contributed by atoms with Gasteiger partial charge >= 0.3 is 11.4 Å². The highest BCUT2D eigenvalue weighted by Gasteiger charge is 2.45. The lowest BCUT2D eigenvalue weighted by atomic mass is 10.1. The van der Waals surface area contributed by atoms with Crippen LogP contribution < -0.4 is 75.8 Å². The minimum Gasteiger partial charge on any atom is -0.494 e. The van der Waals surface area contributed by atoms with E-state index < -0.39 is 43.0 Å². The number of halogens is 11. The number of aromatic nitrogens is 10. The number of fused-ring (bicyclic) bond motifs is 10. The van der Waals surface area contributed by atoms with Crippen LogP contribution in [0.4, 0.5) is 107 Å². The fourth-order valence-electron chi connectivity index (χ4n) is 17.0. The molecule has 10 fully saturated rings. The number of carbonyl (C=O) groups excluding carboxylic acids is 1. The van der Waals surface area contributed by atoms with Crippen molar-refractivity contribution < 1.29 is 71.0 Å². The van der Waals surface area contributed by atoms with Crippen LogP contribution in [0.5, 0.6) is 23.0 Å². The summed E-state index contributed by atoms with van der Waals surface area (Å²) in [5.41, 5.74) is 13.7. The summed E-state index contributed by atoms with van der Waals surface area (Å²) < 4.78 is 75.4. The molecule has 4 aromatic carbocycles. The largest absolute Gasteiger partial charge is 0.494 e. The van der Waals surface area contributed by atoms with Crippen LogP contribution in [-0.2, 0) is 28.5 Å². The molecule has 9 aliphatic heterocycles. The first kappa shape index (κ1) is 116. The van der Waals surface area contributed by atoms with Crippen molar-refractivity contribution in [1.82, 2.24) is 64.5 Å². The summed E-state index contributed by atoms with van der Waals surface area (Å²) in [6.07, 6.45) is 20.8. The highest BCUT2D eigenvalue weighted by atomic mass is 35.5. The van der Waals surface area contributed by atoms with E-state index in [2.05, 4.69) is 132 Å². The second-order valence-corrected chi connectivity index (χ2v) is 39.2. The van der Waals surface area contributed by atoms with E-state index >= 15 is 0 Å². The van der Waals surface area contributed by atoms with E-state index in [0.29, 0.717) is 134 Å². The molecular weight excluding hydrogens is 2110 g/mol. The summed E-state index contributed by atoms with van der Waals surface area (Å²) >= 11 is 51.8. The van der Waals surface area contributed by atoms with E-state index in [9.17, 15) is 43.9 Å². The Morgan fingerprint density at radius 3 is 1.11 bits per heavy atom. The van der Waals surface area contributed by atoms with Crippen LogP contribution in [0.15, 0.2) is 92.2 Å². The minimum atomic E-state index is -0.992. The van der Waals surface area contributed by atoms with Gasteiger partial charge in [0, 0.05) is 116 Å². The first-order chi connectivity index (χ1) is 70.1. The third-order valence-corrected chi connectivity index (χ3v) is 26.8. The number of ether oxygens (including phenoxy) is 9. The van der Waals surface area contributed by atoms with E-state index in [0.717, 1.165) is 132 Å². The molecule has 798 valence electrons. The number of anilines is 14. The molecule has 0 spiro atoms. The first-order valence-electron chi connectivity index (χ1n) is 46.4. The Balaban J connectivity index is 0.000000167. The number of morpholine rings is 4. The predicted molar refractivity (Wildman–Crippen MR) is 568 cm³/mol. The first-order valence-corrected chi connectivity index (χ1v) is 49.8. The van der Waals surface area contributed by atoms with Crippen molar-refractivity contribution >= 4 is 208 Å². The molecule has 0 radical (unpaired) electrons. The van der Waals surface area contributed by atoms with Crippen LogP contribution >= 0.6 is 104 Å². The van der Waals surface area contributed by atoms with E-state index in [1.165, 1.54) is 84.6 Å². The maximum Gasteiger partial charge on any atom is 0.307 e. The maximum absolute atomic E-state index is 13.8. The van der Waals surface area contributed by atoms with Crippen molar-refractivity contribution in [2.24, 2.45) is 5.92 Å². The Kier molecular flexibility index (Phi) is 43.5. The number of rotatable bonds is 29. The summed E-state index contributed by atoms with van der Waals surface area (Å²) in [6, 6.07) is 11.8. The number of nitrogens with one attached hydrogen (secondary N) is 3. The molecule has 14 heterocycles. The number of hydrogen-bond donors (Lipinski definition) is 5. The number of likely N-dealkylation sites (N-methyl/N-ethyl adjacent to an activating group) is 4. The average molecular weight is 2230 g/mol. The zero-order valence-corrected chi connectivity index (χ0v) is 89.8. The number of hydrogen-bond acceptors (Lipinski definition) is 40. The molecule has 0 amide bonds. The molecule has 10 aliphatic rings. The van der Waals surface area contributed by atoms with Gasteiger partial charge in [-0.3, -0.25) is 35.1 Å². The molecule has 1 aliphatic carbocycles. The molecule has 7 N–H and O–H groups in total. The second-order valence-electron chi connectivity index (χ2n) is 35.8.